The van der Waals surface area contributed by atoms with Crippen LogP contribution in [0.2, 0.25) is 0 Å². The van der Waals surface area contributed by atoms with Crippen LogP contribution < -0.4 is 5.73 Å². The van der Waals surface area contributed by atoms with Crippen molar-refractivity contribution in [1.82, 2.24) is 0 Å². The molecule has 0 rings (SSSR count). The van der Waals surface area contributed by atoms with Gasteiger partial charge in [0, 0.05) is 6.04 Å². The van der Waals surface area contributed by atoms with Gasteiger partial charge in [0.05, 0.1) is 0 Å². The minimum Gasteiger partial charge on any atom is -0.326 e. The lowest BCUT2D eigenvalue weighted by Crippen LogP contribution is -2.27. The predicted octanol–water partition coefficient (Wildman–Crippen LogP) is 1.13. The molecule has 12 heavy (non-hydrogen) atoms. The van der Waals surface area contributed by atoms with Crippen molar-refractivity contribution in [1.29, 1.82) is 0 Å². The van der Waals surface area contributed by atoms with Crippen LogP contribution in [0.25, 0.3) is 0 Å². The fourth-order valence-corrected chi connectivity index (χ4v) is 0.706. The molecule has 1 atom stereocenters. The average molecular weight is 199 g/mol. The first-order chi connectivity index (χ1) is 5.16. The number of halogens is 1. The Morgan fingerprint density at radius 3 is 2.67 bits per heavy atom. The first-order valence-corrected chi connectivity index (χ1v) is 3.69. The Hall–Kier alpha value is -0.550. The summed E-state index contributed by atoms with van der Waals surface area (Å²) in [4.78, 5) is 13.8. The molecule has 0 aromatic rings. The van der Waals surface area contributed by atoms with E-state index in [1.54, 1.807) is 0 Å². The van der Waals surface area contributed by atoms with Crippen LogP contribution in [0.5, 0.6) is 0 Å². The highest BCUT2D eigenvalue weighted by Crippen LogP contribution is 1.98. The van der Waals surface area contributed by atoms with Crippen LogP contribution in [0.15, 0.2) is 0 Å². The van der Waals surface area contributed by atoms with Gasteiger partial charge in [-0.25, -0.2) is 0 Å². The zero-order valence-corrected chi connectivity index (χ0v) is 7.88. The highest BCUT2D eigenvalue weighted by atomic mass is 35.5. The normalized spacial score (nSPS) is 11.5. The molecule has 0 radical (unpaired) electrons. The van der Waals surface area contributed by atoms with E-state index in [1.165, 1.54) is 0 Å². The molecule has 6 heteroatoms. The van der Waals surface area contributed by atoms with Gasteiger partial charge >= 0.3 is 0 Å². The van der Waals surface area contributed by atoms with Crippen LogP contribution in [0, 0.1) is 10.1 Å². The van der Waals surface area contributed by atoms with E-state index < -0.39 is 5.09 Å². The third-order valence-corrected chi connectivity index (χ3v) is 1.32. The Kier molecular flexibility index (Phi) is 9.97. The second kappa shape index (κ2) is 8.55. The minimum atomic E-state index is -0.814. The van der Waals surface area contributed by atoms with Crippen molar-refractivity contribution in [3.8, 4) is 0 Å². The second-order valence-electron chi connectivity index (χ2n) is 2.42. The molecule has 0 spiro atoms. The highest BCUT2D eigenvalue weighted by Gasteiger charge is 2.03. The van der Waals surface area contributed by atoms with Crippen molar-refractivity contribution < 1.29 is 9.92 Å². The van der Waals surface area contributed by atoms with Crippen LogP contribution in [-0.4, -0.2) is 17.7 Å². The summed E-state index contributed by atoms with van der Waals surface area (Å²) in [6, 6.07) is -0.208. The summed E-state index contributed by atoms with van der Waals surface area (Å²) >= 11 is 0. The van der Waals surface area contributed by atoms with Crippen molar-refractivity contribution in [2.75, 3.05) is 6.61 Å². The number of hydrogen-bond donors (Lipinski definition) is 1. The quantitative estimate of drug-likeness (QED) is 0.513. The monoisotopic (exact) mass is 198 g/mol. The number of nitrogens with zero attached hydrogens (tertiary/aromatic N) is 1. The molecule has 0 amide bonds. The van der Waals surface area contributed by atoms with Gasteiger partial charge < -0.3 is 10.6 Å². The number of nitrogens with two attached hydrogens (primary N) is 1. The van der Waals surface area contributed by atoms with Crippen LogP contribution in [-0.2, 0) is 4.84 Å². The van der Waals surface area contributed by atoms with Gasteiger partial charge in [0.25, 0.3) is 5.09 Å². The lowest BCUT2D eigenvalue weighted by Gasteiger charge is -2.07. The van der Waals surface area contributed by atoms with Crippen LogP contribution in [0.1, 0.15) is 26.2 Å². The third-order valence-electron chi connectivity index (χ3n) is 1.32. The molecular weight excluding hydrogens is 184 g/mol. The molecule has 0 fully saturated rings. The first kappa shape index (κ1) is 14.0. The molecule has 0 aromatic heterocycles. The van der Waals surface area contributed by atoms with E-state index in [-0.39, 0.29) is 25.1 Å². The van der Waals surface area contributed by atoms with Crippen LogP contribution >= 0.6 is 12.4 Å². The fourth-order valence-electron chi connectivity index (χ4n) is 0.706. The highest BCUT2D eigenvalue weighted by molar-refractivity contribution is 5.85. The van der Waals surface area contributed by atoms with Gasteiger partial charge in [-0.1, -0.05) is 19.8 Å². The summed E-state index contributed by atoms with van der Waals surface area (Å²) in [5.41, 5.74) is 5.48. The number of unbranched alkanes of at least 4 members (excludes halogenated alkanes) is 1. The Morgan fingerprint density at radius 2 is 2.25 bits per heavy atom. The minimum absolute atomic E-state index is 0. The zero-order valence-electron chi connectivity index (χ0n) is 7.06. The van der Waals surface area contributed by atoms with Crippen molar-refractivity contribution in [2.45, 2.75) is 32.2 Å². The maximum atomic E-state index is 9.71. The SMILES string of the molecule is CCCC[C@H](N)CO[N+](=O)[O-].Cl. The number of hydrogen-bond acceptors (Lipinski definition) is 4. The molecular formula is C6H15ClN2O3. The summed E-state index contributed by atoms with van der Waals surface area (Å²) in [6.45, 7) is 2.05. The third kappa shape index (κ3) is 9.45. The van der Waals surface area contributed by atoms with E-state index in [1.807, 2.05) is 6.92 Å². The van der Waals surface area contributed by atoms with Gasteiger partial charge in [-0.3, -0.25) is 0 Å². The van der Waals surface area contributed by atoms with E-state index in [2.05, 4.69) is 4.84 Å². The lowest BCUT2D eigenvalue weighted by molar-refractivity contribution is -0.758. The van der Waals surface area contributed by atoms with E-state index >= 15 is 0 Å². The molecule has 0 aliphatic heterocycles. The van der Waals surface area contributed by atoms with E-state index in [9.17, 15) is 10.1 Å². The average Bonchev–Trinajstić information content (AvgIpc) is 1.97. The summed E-state index contributed by atoms with van der Waals surface area (Å²) in [5.74, 6) is 0. The fraction of sp³-hybridized carbons (Fsp3) is 1.00. The summed E-state index contributed by atoms with van der Waals surface area (Å²) < 4.78 is 0. The molecule has 0 aliphatic carbocycles. The smallest absolute Gasteiger partial charge is 0.294 e. The molecule has 0 saturated carbocycles. The molecule has 2 N–H and O–H groups in total. The van der Waals surface area contributed by atoms with Crippen molar-refractivity contribution in [3.05, 3.63) is 10.1 Å². The molecule has 0 unspecified atom stereocenters. The molecule has 5 nitrogen and oxygen atoms in total. The lowest BCUT2D eigenvalue weighted by atomic mass is 10.1. The molecule has 0 saturated heterocycles. The summed E-state index contributed by atoms with van der Waals surface area (Å²) in [5, 5.41) is 8.89. The first-order valence-electron chi connectivity index (χ1n) is 3.69. The Bertz CT molecular complexity index is 123. The van der Waals surface area contributed by atoms with Gasteiger partial charge in [-0.2, -0.15) is 0 Å². The Balaban J connectivity index is 0. The van der Waals surface area contributed by atoms with Crippen molar-refractivity contribution >= 4 is 12.4 Å². The molecule has 0 bridgehead atoms. The van der Waals surface area contributed by atoms with E-state index in [0.717, 1.165) is 19.3 Å². The molecule has 0 heterocycles. The second-order valence-corrected chi connectivity index (χ2v) is 2.42. The van der Waals surface area contributed by atoms with Crippen LogP contribution in [0.4, 0.5) is 0 Å². The van der Waals surface area contributed by atoms with Gasteiger partial charge in [0.2, 0.25) is 0 Å². The van der Waals surface area contributed by atoms with Crippen molar-refractivity contribution in [2.24, 2.45) is 5.73 Å². The zero-order chi connectivity index (χ0) is 8.69. The van der Waals surface area contributed by atoms with Crippen LogP contribution in [0.3, 0.4) is 0 Å². The van der Waals surface area contributed by atoms with Crippen molar-refractivity contribution in [3.63, 3.8) is 0 Å². The topological polar surface area (TPSA) is 78.4 Å². The van der Waals surface area contributed by atoms with E-state index in [0.29, 0.717) is 0 Å². The van der Waals surface area contributed by atoms with E-state index in [4.69, 9.17) is 5.73 Å². The Morgan fingerprint density at radius 1 is 1.67 bits per heavy atom. The maximum Gasteiger partial charge on any atom is 0.294 e. The Labute approximate surface area is 77.8 Å². The van der Waals surface area contributed by atoms with Gasteiger partial charge in [0.15, 0.2) is 0 Å². The molecule has 0 aromatic carbocycles. The standard InChI is InChI=1S/C6H14N2O3.ClH/c1-2-3-4-6(7)5-11-8(9)10;/h6H,2-5,7H2,1H3;1H/t6-;/m0./s1. The predicted molar refractivity (Wildman–Crippen MR) is 47.7 cm³/mol. The summed E-state index contributed by atoms with van der Waals surface area (Å²) in [7, 11) is 0. The molecule has 74 valence electrons. The molecule has 0 aliphatic rings. The van der Waals surface area contributed by atoms with Gasteiger partial charge in [-0.15, -0.1) is 22.5 Å². The van der Waals surface area contributed by atoms with Gasteiger partial charge in [-0.05, 0) is 6.42 Å². The number of rotatable bonds is 6. The summed E-state index contributed by atoms with van der Waals surface area (Å²) in [6.07, 6.45) is 2.82. The largest absolute Gasteiger partial charge is 0.326 e. The van der Waals surface area contributed by atoms with Gasteiger partial charge in [0.1, 0.15) is 6.61 Å². The maximum absolute atomic E-state index is 9.71.